The number of carbonyl (C=O) groups is 2. The molecule has 0 saturated carbocycles. The third-order valence-corrected chi connectivity index (χ3v) is 5.35. The van der Waals surface area contributed by atoms with E-state index in [1.165, 1.54) is 11.3 Å². The summed E-state index contributed by atoms with van der Waals surface area (Å²) >= 11 is 1.40. The lowest BCUT2D eigenvalue weighted by atomic mass is 10.1. The van der Waals surface area contributed by atoms with E-state index in [-0.39, 0.29) is 11.8 Å². The van der Waals surface area contributed by atoms with E-state index in [1.807, 2.05) is 19.9 Å². The molecule has 0 bridgehead atoms. The Kier molecular flexibility index (Phi) is 5.57. The van der Waals surface area contributed by atoms with Crippen LogP contribution in [0.4, 0.5) is 10.7 Å². The van der Waals surface area contributed by atoms with E-state index in [0.29, 0.717) is 27.6 Å². The van der Waals surface area contributed by atoms with Gasteiger partial charge in [-0.3, -0.25) is 9.59 Å². The molecule has 2 aromatic carbocycles. The highest BCUT2D eigenvalue weighted by molar-refractivity contribution is 7.16. The van der Waals surface area contributed by atoms with Crippen molar-refractivity contribution < 1.29 is 14.3 Å². The van der Waals surface area contributed by atoms with Gasteiger partial charge >= 0.3 is 0 Å². The van der Waals surface area contributed by atoms with E-state index in [0.717, 1.165) is 10.4 Å². The number of methoxy groups -OCH3 is 1. The maximum atomic E-state index is 12.9. The largest absolute Gasteiger partial charge is 0.497 e. The highest BCUT2D eigenvalue weighted by Gasteiger charge is 2.21. The molecule has 0 aliphatic heterocycles. The van der Waals surface area contributed by atoms with Gasteiger partial charge in [-0.2, -0.15) is 0 Å². The second-order valence-corrected chi connectivity index (χ2v) is 7.21. The molecule has 0 aliphatic rings. The molecule has 6 heteroatoms. The fourth-order valence-electron chi connectivity index (χ4n) is 2.62. The van der Waals surface area contributed by atoms with Crippen molar-refractivity contribution in [2.75, 3.05) is 17.7 Å². The Balaban J connectivity index is 1.84. The highest BCUT2D eigenvalue weighted by Crippen LogP contribution is 2.33. The summed E-state index contributed by atoms with van der Waals surface area (Å²) in [6, 6.07) is 16.0. The van der Waals surface area contributed by atoms with Gasteiger partial charge in [-0.15, -0.1) is 11.3 Å². The van der Waals surface area contributed by atoms with Gasteiger partial charge < -0.3 is 15.4 Å². The summed E-state index contributed by atoms with van der Waals surface area (Å²) in [4.78, 5) is 26.3. The molecule has 27 heavy (non-hydrogen) atoms. The number of nitrogens with one attached hydrogen (secondary N) is 2. The van der Waals surface area contributed by atoms with Crippen LogP contribution in [0.15, 0.2) is 54.6 Å². The van der Waals surface area contributed by atoms with Gasteiger partial charge in [0.05, 0.1) is 12.7 Å². The van der Waals surface area contributed by atoms with Gasteiger partial charge in [0, 0.05) is 16.1 Å². The number of aryl methyl sites for hydroxylation is 1. The number of carbonyl (C=O) groups excluding carboxylic acids is 2. The van der Waals surface area contributed by atoms with E-state index in [1.54, 1.807) is 55.6 Å². The topological polar surface area (TPSA) is 67.4 Å². The van der Waals surface area contributed by atoms with Crippen LogP contribution < -0.4 is 15.4 Å². The number of hydrogen-bond acceptors (Lipinski definition) is 4. The molecule has 1 heterocycles. The van der Waals surface area contributed by atoms with E-state index in [9.17, 15) is 9.59 Å². The van der Waals surface area contributed by atoms with Crippen LogP contribution in [0, 0.1) is 13.8 Å². The predicted octanol–water partition coefficient (Wildman–Crippen LogP) is 4.88. The lowest BCUT2D eigenvalue weighted by Gasteiger charge is -2.09. The Morgan fingerprint density at radius 3 is 2.19 bits per heavy atom. The van der Waals surface area contributed by atoms with Crippen molar-refractivity contribution in [3.8, 4) is 5.75 Å². The SMILES string of the molecule is COc1ccc(NC(=O)c2c(NC(=O)c3ccccc3)sc(C)c2C)cc1. The predicted molar refractivity (Wildman–Crippen MR) is 109 cm³/mol. The fourth-order valence-corrected chi connectivity index (χ4v) is 3.67. The number of anilines is 2. The molecule has 3 aromatic rings. The second kappa shape index (κ2) is 8.05. The normalized spacial score (nSPS) is 10.3. The first kappa shape index (κ1) is 18.7. The van der Waals surface area contributed by atoms with Crippen LogP contribution in [0.2, 0.25) is 0 Å². The second-order valence-electron chi connectivity index (χ2n) is 5.99. The Morgan fingerprint density at radius 2 is 1.56 bits per heavy atom. The van der Waals surface area contributed by atoms with Crippen molar-refractivity contribution >= 4 is 33.8 Å². The average Bonchev–Trinajstić information content (AvgIpc) is 2.96. The molecule has 2 N–H and O–H groups in total. The van der Waals surface area contributed by atoms with Crippen molar-refractivity contribution in [3.63, 3.8) is 0 Å². The summed E-state index contributed by atoms with van der Waals surface area (Å²) < 4.78 is 5.13. The molecule has 138 valence electrons. The van der Waals surface area contributed by atoms with Crippen LogP contribution in [0.5, 0.6) is 5.75 Å². The molecule has 3 rings (SSSR count). The lowest BCUT2D eigenvalue weighted by molar-refractivity contribution is 0.102. The number of hydrogen-bond donors (Lipinski definition) is 2. The fraction of sp³-hybridized carbons (Fsp3) is 0.143. The molecule has 5 nitrogen and oxygen atoms in total. The van der Waals surface area contributed by atoms with Crippen LogP contribution in [-0.2, 0) is 0 Å². The minimum atomic E-state index is -0.259. The first-order chi connectivity index (χ1) is 13.0. The molecule has 0 fully saturated rings. The first-order valence-corrected chi connectivity index (χ1v) is 9.23. The zero-order chi connectivity index (χ0) is 19.4. The molecular weight excluding hydrogens is 360 g/mol. The van der Waals surface area contributed by atoms with Crippen molar-refractivity contribution in [1.82, 2.24) is 0 Å². The van der Waals surface area contributed by atoms with Crippen LogP contribution in [0.3, 0.4) is 0 Å². The summed E-state index contributed by atoms with van der Waals surface area (Å²) in [5.74, 6) is 0.215. The van der Waals surface area contributed by atoms with Crippen LogP contribution in [0.25, 0.3) is 0 Å². The van der Waals surface area contributed by atoms with Gasteiger partial charge in [-0.25, -0.2) is 0 Å². The van der Waals surface area contributed by atoms with Gasteiger partial charge in [0.15, 0.2) is 0 Å². The molecule has 0 aliphatic carbocycles. The summed E-state index contributed by atoms with van der Waals surface area (Å²) in [6.07, 6.45) is 0. The van der Waals surface area contributed by atoms with Gasteiger partial charge in [-0.1, -0.05) is 18.2 Å². The van der Waals surface area contributed by atoms with Gasteiger partial charge in [-0.05, 0) is 55.8 Å². The Bertz CT molecular complexity index is 963. The maximum Gasteiger partial charge on any atom is 0.258 e. The molecular formula is C21H20N2O3S. The monoisotopic (exact) mass is 380 g/mol. The highest BCUT2D eigenvalue weighted by atomic mass is 32.1. The standard InChI is InChI=1S/C21H20N2O3S/c1-13-14(2)27-21(23-19(24)15-7-5-4-6-8-15)18(13)20(25)22-16-9-11-17(26-3)12-10-16/h4-12H,1-3H3,(H,22,25)(H,23,24). The summed E-state index contributed by atoms with van der Waals surface area (Å²) in [5.41, 5.74) is 2.54. The molecule has 0 radical (unpaired) electrons. The van der Waals surface area contributed by atoms with Crippen molar-refractivity contribution in [2.45, 2.75) is 13.8 Å². The van der Waals surface area contributed by atoms with Crippen LogP contribution in [-0.4, -0.2) is 18.9 Å². The minimum Gasteiger partial charge on any atom is -0.497 e. The quantitative estimate of drug-likeness (QED) is 0.663. The smallest absolute Gasteiger partial charge is 0.258 e. The summed E-state index contributed by atoms with van der Waals surface area (Å²) in [6.45, 7) is 3.81. The average molecular weight is 380 g/mol. The zero-order valence-corrected chi connectivity index (χ0v) is 16.1. The maximum absolute atomic E-state index is 12.9. The third kappa shape index (κ3) is 4.17. The zero-order valence-electron chi connectivity index (χ0n) is 15.3. The minimum absolute atomic E-state index is 0.240. The van der Waals surface area contributed by atoms with Gasteiger partial charge in [0.25, 0.3) is 11.8 Å². The van der Waals surface area contributed by atoms with Crippen molar-refractivity contribution in [2.24, 2.45) is 0 Å². The number of ether oxygens (including phenoxy) is 1. The molecule has 0 spiro atoms. The van der Waals surface area contributed by atoms with Gasteiger partial charge in [0.2, 0.25) is 0 Å². The molecule has 0 saturated heterocycles. The van der Waals surface area contributed by atoms with E-state index in [4.69, 9.17) is 4.74 Å². The van der Waals surface area contributed by atoms with Crippen molar-refractivity contribution in [3.05, 3.63) is 76.2 Å². The Hall–Kier alpha value is -3.12. The molecule has 0 atom stereocenters. The number of amides is 2. The Morgan fingerprint density at radius 1 is 0.889 bits per heavy atom. The van der Waals surface area contributed by atoms with Crippen LogP contribution >= 0.6 is 11.3 Å². The molecule has 1 aromatic heterocycles. The van der Waals surface area contributed by atoms with Gasteiger partial charge in [0.1, 0.15) is 10.8 Å². The summed E-state index contributed by atoms with van der Waals surface area (Å²) in [5, 5.41) is 6.30. The third-order valence-electron chi connectivity index (χ3n) is 4.22. The number of thiophene rings is 1. The molecule has 0 unspecified atom stereocenters. The Labute approximate surface area is 162 Å². The van der Waals surface area contributed by atoms with E-state index >= 15 is 0 Å². The first-order valence-electron chi connectivity index (χ1n) is 8.41. The lowest BCUT2D eigenvalue weighted by Crippen LogP contribution is -2.17. The van der Waals surface area contributed by atoms with Crippen molar-refractivity contribution in [1.29, 1.82) is 0 Å². The molecule has 2 amide bonds. The van der Waals surface area contributed by atoms with E-state index in [2.05, 4.69) is 10.6 Å². The number of benzene rings is 2. The van der Waals surface area contributed by atoms with Crippen LogP contribution in [0.1, 0.15) is 31.2 Å². The number of rotatable bonds is 5. The summed E-state index contributed by atoms with van der Waals surface area (Å²) in [7, 11) is 1.59. The van der Waals surface area contributed by atoms with E-state index < -0.39 is 0 Å².